The lowest BCUT2D eigenvalue weighted by molar-refractivity contribution is -0.836. The predicted octanol–water partition coefficient (Wildman–Crippen LogP) is 8.67. The van der Waals surface area contributed by atoms with Crippen LogP contribution in [0, 0.1) is 12.8 Å². The molecule has 0 radical (unpaired) electrons. The van der Waals surface area contributed by atoms with Gasteiger partial charge in [-0.1, -0.05) is 69.2 Å². The van der Waals surface area contributed by atoms with E-state index in [1.165, 1.54) is 47.5 Å². The second kappa shape index (κ2) is 21.9. The van der Waals surface area contributed by atoms with Gasteiger partial charge in [0, 0.05) is 49.3 Å². The van der Waals surface area contributed by atoms with Gasteiger partial charge in [-0.2, -0.15) is 0 Å². The number of nitrogens with one attached hydrogen (secondary N) is 1. The van der Waals surface area contributed by atoms with Crippen LogP contribution >= 0.6 is 0 Å². The number of ether oxygens (including phenoxy) is 2. The van der Waals surface area contributed by atoms with Gasteiger partial charge >= 0.3 is 0 Å². The van der Waals surface area contributed by atoms with E-state index in [1.54, 1.807) is 12.7 Å². The summed E-state index contributed by atoms with van der Waals surface area (Å²) in [6.07, 6.45) is 17.2. The fourth-order valence-electron chi connectivity index (χ4n) is 7.54. The van der Waals surface area contributed by atoms with Gasteiger partial charge in [-0.15, -0.1) is 0 Å². The van der Waals surface area contributed by atoms with Gasteiger partial charge in [0.15, 0.2) is 11.5 Å². The lowest BCUT2D eigenvalue weighted by atomic mass is 9.89. The Morgan fingerprint density at radius 3 is 2.43 bits per heavy atom. The van der Waals surface area contributed by atoms with Crippen LogP contribution in [0.25, 0.3) is 0 Å². The number of unbranched alkanes of at least 4 members (excludes halogenated alkanes) is 2. The number of carbonyl (C=O) groups is 1. The highest BCUT2D eigenvalue weighted by atomic mass is 16.5. The van der Waals surface area contributed by atoms with E-state index in [-0.39, 0.29) is 5.91 Å². The van der Waals surface area contributed by atoms with Crippen LogP contribution in [0.1, 0.15) is 96.6 Å². The standard InChI is InChI=1S/C44H61N3O3.C3H9N/c1-7-10-25-46(39-20-14-16-33(4)28-39)41(36-18-15-19-36)32-45-31-35(22-23-42(49-6)44(34(5)9-3)50-27-11-8-2)29-38(45)24-26-47-40-21-13-12-17-37(40)30-43(47)48;1-4(2)3/h9,12-14,16-17,20-23,28,35,38H,7-8,10-11,15,18-19,24-27,29-32H2,1-6H3;1-3H3/p+1/b23-22+,34-9-,44-42-;/t35?,38-;/m0./s1. The van der Waals surface area contributed by atoms with Crippen LogP contribution in [-0.4, -0.2) is 77.9 Å². The summed E-state index contributed by atoms with van der Waals surface area (Å²) in [6, 6.07) is 17.7. The first-order valence-corrected chi connectivity index (χ1v) is 20.8. The number of likely N-dealkylation sites (tertiary alicyclic amines) is 1. The molecule has 296 valence electrons. The third kappa shape index (κ3) is 12.1. The number of methoxy groups -OCH3 is 1. The number of aryl methyl sites for hydroxylation is 1. The summed E-state index contributed by atoms with van der Waals surface area (Å²) in [6.45, 7) is 15.2. The van der Waals surface area contributed by atoms with Gasteiger partial charge in [-0.05, 0) is 118 Å². The number of amides is 1. The molecule has 7 heteroatoms. The van der Waals surface area contributed by atoms with Gasteiger partial charge in [0.25, 0.3) is 0 Å². The van der Waals surface area contributed by atoms with Gasteiger partial charge < -0.3 is 24.2 Å². The number of allylic oxidation sites excluding steroid dienone is 4. The summed E-state index contributed by atoms with van der Waals surface area (Å²) >= 11 is 0. The van der Waals surface area contributed by atoms with Crippen molar-refractivity contribution in [2.75, 3.05) is 70.8 Å². The Morgan fingerprint density at radius 2 is 1.78 bits per heavy atom. The average Bonchev–Trinajstić information content (AvgIpc) is 3.67. The van der Waals surface area contributed by atoms with E-state index in [0.29, 0.717) is 25.0 Å². The number of hydrogen-bond acceptors (Lipinski definition) is 5. The van der Waals surface area contributed by atoms with Gasteiger partial charge in [-0.3, -0.25) is 9.69 Å². The maximum absolute atomic E-state index is 13.2. The smallest absolute Gasteiger partial charge is 0.231 e. The number of benzene rings is 2. The number of carbonyl (C=O) groups excluding carboxylic acids is 1. The minimum atomic E-state index is 0.222. The Hall–Kier alpha value is -3.81. The monoisotopic (exact) mass is 740 g/mol. The molecule has 0 spiro atoms. The lowest BCUT2D eigenvalue weighted by Crippen LogP contribution is -3.02. The van der Waals surface area contributed by atoms with E-state index in [9.17, 15) is 4.79 Å². The summed E-state index contributed by atoms with van der Waals surface area (Å²) in [5.41, 5.74) is 9.05. The molecule has 1 saturated heterocycles. The van der Waals surface area contributed by atoms with Crippen molar-refractivity contribution in [3.63, 3.8) is 0 Å². The molecule has 54 heavy (non-hydrogen) atoms. The summed E-state index contributed by atoms with van der Waals surface area (Å²) in [4.78, 5) is 22.0. The van der Waals surface area contributed by atoms with Crippen molar-refractivity contribution in [1.29, 1.82) is 0 Å². The number of nitrogens with zero attached hydrogens (tertiary/aromatic N) is 3. The van der Waals surface area contributed by atoms with Gasteiger partial charge in [0.05, 0.1) is 41.3 Å². The summed E-state index contributed by atoms with van der Waals surface area (Å²) in [7, 11) is 7.99. The van der Waals surface area contributed by atoms with Crippen LogP contribution in [0.4, 0.5) is 11.4 Å². The predicted molar refractivity (Wildman–Crippen MR) is 227 cm³/mol. The van der Waals surface area contributed by atoms with Crippen LogP contribution in [-0.2, 0) is 20.7 Å². The van der Waals surface area contributed by atoms with E-state index < -0.39 is 0 Å². The fourth-order valence-corrected chi connectivity index (χ4v) is 7.54. The van der Waals surface area contributed by atoms with Crippen molar-refractivity contribution in [2.45, 2.75) is 105 Å². The molecule has 0 bridgehead atoms. The second-order valence-corrected chi connectivity index (χ2v) is 15.9. The number of hydrogen-bond donors (Lipinski definition) is 1. The molecular formula is C47H71N4O3+. The zero-order chi connectivity index (χ0) is 39.0. The van der Waals surface area contributed by atoms with Crippen molar-refractivity contribution in [1.82, 2.24) is 4.90 Å². The van der Waals surface area contributed by atoms with E-state index in [2.05, 4.69) is 119 Å². The highest BCUT2D eigenvalue weighted by Gasteiger charge is 2.35. The summed E-state index contributed by atoms with van der Waals surface area (Å²) < 4.78 is 12.2. The third-order valence-electron chi connectivity index (χ3n) is 10.8. The lowest BCUT2D eigenvalue weighted by Gasteiger charge is -2.37. The zero-order valence-electron chi connectivity index (χ0n) is 35.2. The molecule has 1 N–H and O–H groups in total. The van der Waals surface area contributed by atoms with Crippen LogP contribution in [0.3, 0.4) is 0 Å². The SMILES string of the molecule is C[NH+](C)C.C\C=C(C)/C(OCCCC)=C(\C=C\C1C[C@H](CCN2C(=O)Cc3ccccc32)N(CC(=C2CCC2)N(CCCC)c2cccc(C)c2)C1)OC. The Labute approximate surface area is 328 Å². The quantitative estimate of drug-likeness (QED) is 0.0943. The molecule has 2 heterocycles. The van der Waals surface area contributed by atoms with Crippen LogP contribution in [0.2, 0.25) is 0 Å². The maximum atomic E-state index is 13.2. The zero-order valence-corrected chi connectivity index (χ0v) is 35.2. The molecule has 2 atom stereocenters. The first kappa shape index (κ1) is 42.9. The van der Waals surface area contributed by atoms with Crippen LogP contribution in [0.5, 0.6) is 0 Å². The topological polar surface area (TPSA) is 49.7 Å². The Morgan fingerprint density at radius 1 is 1.04 bits per heavy atom. The number of fused-ring (bicyclic) bond motifs is 1. The molecule has 1 unspecified atom stereocenters. The van der Waals surface area contributed by atoms with Crippen molar-refractivity contribution < 1.29 is 19.2 Å². The average molecular weight is 740 g/mol. The van der Waals surface area contributed by atoms with E-state index >= 15 is 0 Å². The summed E-state index contributed by atoms with van der Waals surface area (Å²) in [5, 5.41) is 0. The molecule has 2 aromatic rings. The Balaban J connectivity index is 0.00000155. The molecule has 0 aromatic heterocycles. The van der Waals surface area contributed by atoms with Crippen molar-refractivity contribution in [3.05, 3.63) is 106 Å². The maximum Gasteiger partial charge on any atom is 0.231 e. The molecule has 1 aliphatic carbocycles. The molecule has 2 aromatic carbocycles. The minimum Gasteiger partial charge on any atom is -0.493 e. The van der Waals surface area contributed by atoms with E-state index in [1.807, 2.05) is 17.9 Å². The molecule has 2 aliphatic heterocycles. The number of rotatable bonds is 18. The van der Waals surface area contributed by atoms with Crippen molar-refractivity contribution >= 4 is 17.3 Å². The van der Waals surface area contributed by atoms with Gasteiger partial charge in [0.2, 0.25) is 5.91 Å². The second-order valence-electron chi connectivity index (χ2n) is 15.9. The molecule has 7 nitrogen and oxygen atoms in total. The van der Waals surface area contributed by atoms with Crippen molar-refractivity contribution in [2.24, 2.45) is 5.92 Å². The Kier molecular flexibility index (Phi) is 17.4. The van der Waals surface area contributed by atoms with Gasteiger partial charge in [-0.25, -0.2) is 0 Å². The van der Waals surface area contributed by atoms with Gasteiger partial charge in [0.1, 0.15) is 0 Å². The summed E-state index contributed by atoms with van der Waals surface area (Å²) in [5.74, 6) is 2.21. The molecule has 3 aliphatic rings. The number of para-hydroxylation sites is 1. The molecule has 1 amide bonds. The first-order chi connectivity index (χ1) is 26.1. The largest absolute Gasteiger partial charge is 0.493 e. The highest BCUT2D eigenvalue weighted by molar-refractivity contribution is 6.01. The molecule has 1 saturated carbocycles. The highest BCUT2D eigenvalue weighted by Crippen LogP contribution is 2.37. The van der Waals surface area contributed by atoms with Crippen LogP contribution in [0.15, 0.2) is 95.1 Å². The van der Waals surface area contributed by atoms with E-state index in [4.69, 9.17) is 9.47 Å². The first-order valence-electron chi connectivity index (χ1n) is 20.8. The van der Waals surface area contributed by atoms with E-state index in [0.717, 1.165) is 86.6 Å². The molecular weight excluding hydrogens is 669 g/mol. The molecule has 2 fully saturated rings. The van der Waals surface area contributed by atoms with Crippen LogP contribution < -0.4 is 14.7 Å². The minimum absolute atomic E-state index is 0.222. The van der Waals surface area contributed by atoms with Crippen molar-refractivity contribution in [3.8, 4) is 0 Å². The number of anilines is 2. The normalized spacial score (nSPS) is 19.1. The fraction of sp³-hybridized carbons (Fsp3) is 0.553. The molecule has 5 rings (SSSR count). The Bertz CT molecular complexity index is 1610. The number of quaternary nitrogens is 1. The third-order valence-corrected chi connectivity index (χ3v) is 10.8.